The summed E-state index contributed by atoms with van der Waals surface area (Å²) < 4.78 is 5.43. The first-order valence-electron chi connectivity index (χ1n) is 3.24. The van der Waals surface area contributed by atoms with E-state index in [2.05, 4.69) is 9.79 Å². The zero-order valence-electron chi connectivity index (χ0n) is 6.68. The van der Waals surface area contributed by atoms with E-state index in [1.807, 2.05) is 0 Å². The summed E-state index contributed by atoms with van der Waals surface area (Å²) in [6, 6.07) is 3.25. The fraction of sp³-hybridized carbons (Fsp3) is 0.143. The summed E-state index contributed by atoms with van der Waals surface area (Å²) in [6.45, 7) is 0. The molecule has 6 nitrogen and oxygen atoms in total. The van der Waals surface area contributed by atoms with Crippen molar-refractivity contribution in [1.29, 1.82) is 10.5 Å². The summed E-state index contributed by atoms with van der Waals surface area (Å²) >= 11 is 0. The molecule has 13 heavy (non-hydrogen) atoms. The third-order valence-corrected chi connectivity index (χ3v) is 1.33. The summed E-state index contributed by atoms with van der Waals surface area (Å²) in [6.07, 6.45) is 1.12. The van der Waals surface area contributed by atoms with Gasteiger partial charge < -0.3 is 9.63 Å². The van der Waals surface area contributed by atoms with Gasteiger partial charge in [-0.25, -0.2) is 0 Å². The van der Waals surface area contributed by atoms with E-state index in [0.29, 0.717) is 0 Å². The number of aromatic nitrogens is 2. The SMILES string of the molecule is C[n+]1noc([O-])c1C=C(C#N)C#N. The Bertz CT molecular complexity index is 397. The predicted octanol–water partition coefficient (Wildman–Crippen LogP) is -0.997. The van der Waals surface area contributed by atoms with Gasteiger partial charge in [0.1, 0.15) is 17.7 Å². The summed E-state index contributed by atoms with van der Waals surface area (Å²) in [5.74, 6) is -0.675. The minimum Gasteiger partial charge on any atom is -0.539 e. The zero-order valence-corrected chi connectivity index (χ0v) is 6.68. The van der Waals surface area contributed by atoms with Crippen LogP contribution in [-0.4, -0.2) is 5.27 Å². The van der Waals surface area contributed by atoms with Crippen LogP contribution < -0.4 is 9.79 Å². The fourth-order valence-corrected chi connectivity index (χ4v) is 0.700. The van der Waals surface area contributed by atoms with Crippen LogP contribution in [0.4, 0.5) is 0 Å². The van der Waals surface area contributed by atoms with E-state index in [-0.39, 0.29) is 11.3 Å². The summed E-state index contributed by atoms with van der Waals surface area (Å²) in [7, 11) is 1.48. The van der Waals surface area contributed by atoms with Crippen LogP contribution in [0.25, 0.3) is 6.08 Å². The average Bonchev–Trinajstić information content (AvgIpc) is 2.44. The predicted molar refractivity (Wildman–Crippen MR) is 36.3 cm³/mol. The Morgan fingerprint density at radius 2 is 2.23 bits per heavy atom. The van der Waals surface area contributed by atoms with Crippen LogP contribution in [0.5, 0.6) is 5.95 Å². The first-order valence-corrected chi connectivity index (χ1v) is 3.24. The molecule has 1 heterocycles. The van der Waals surface area contributed by atoms with Gasteiger partial charge in [-0.1, -0.05) is 4.68 Å². The lowest BCUT2D eigenvalue weighted by molar-refractivity contribution is -0.741. The molecule has 0 aliphatic heterocycles. The van der Waals surface area contributed by atoms with E-state index in [1.54, 1.807) is 12.1 Å². The van der Waals surface area contributed by atoms with Gasteiger partial charge in [-0.3, -0.25) is 0 Å². The lowest BCUT2D eigenvalue weighted by atomic mass is 10.2. The highest BCUT2D eigenvalue weighted by Crippen LogP contribution is 2.10. The molecule has 0 amide bonds. The number of nitriles is 2. The van der Waals surface area contributed by atoms with Gasteiger partial charge in [-0.2, -0.15) is 10.5 Å². The topological polar surface area (TPSA) is 101 Å². The van der Waals surface area contributed by atoms with E-state index in [4.69, 9.17) is 10.5 Å². The molecule has 0 N–H and O–H groups in total. The number of hydrogen-bond acceptors (Lipinski definition) is 5. The number of allylic oxidation sites excluding steroid dienone is 1. The lowest BCUT2D eigenvalue weighted by Crippen LogP contribution is -2.32. The quantitative estimate of drug-likeness (QED) is 0.403. The highest BCUT2D eigenvalue weighted by molar-refractivity contribution is 5.59. The van der Waals surface area contributed by atoms with Crippen molar-refractivity contribution in [3.8, 4) is 18.1 Å². The van der Waals surface area contributed by atoms with E-state index in [9.17, 15) is 5.11 Å². The maximum atomic E-state index is 10.9. The lowest BCUT2D eigenvalue weighted by Gasteiger charge is -1.86. The van der Waals surface area contributed by atoms with Crippen molar-refractivity contribution >= 4 is 6.08 Å². The smallest absolute Gasteiger partial charge is 0.258 e. The second-order valence-electron chi connectivity index (χ2n) is 2.15. The minimum absolute atomic E-state index is 0.0677. The fourth-order valence-electron chi connectivity index (χ4n) is 0.700. The van der Waals surface area contributed by atoms with E-state index in [1.165, 1.54) is 7.05 Å². The first-order chi connectivity index (χ1) is 6.19. The highest BCUT2D eigenvalue weighted by atomic mass is 16.6. The van der Waals surface area contributed by atoms with Crippen LogP contribution in [0.3, 0.4) is 0 Å². The van der Waals surface area contributed by atoms with E-state index in [0.717, 1.165) is 10.8 Å². The molecule has 0 aliphatic carbocycles. The van der Waals surface area contributed by atoms with Gasteiger partial charge in [0.25, 0.3) is 5.69 Å². The highest BCUT2D eigenvalue weighted by Gasteiger charge is 2.10. The van der Waals surface area contributed by atoms with Crippen molar-refractivity contribution in [3.05, 3.63) is 11.3 Å². The number of nitrogens with zero attached hydrogens (tertiary/aromatic N) is 4. The maximum Gasteiger partial charge on any atom is 0.258 e. The van der Waals surface area contributed by atoms with Gasteiger partial charge in [-0.15, -0.1) is 0 Å². The van der Waals surface area contributed by atoms with E-state index >= 15 is 0 Å². The third kappa shape index (κ3) is 1.63. The summed E-state index contributed by atoms with van der Waals surface area (Å²) in [5.41, 5.74) is -0.103. The molecule has 64 valence electrons. The van der Waals surface area contributed by atoms with Gasteiger partial charge in [-0.05, 0) is 0 Å². The molecule has 0 aromatic carbocycles. The zero-order chi connectivity index (χ0) is 9.84. The van der Waals surface area contributed by atoms with Crippen LogP contribution in [0.1, 0.15) is 5.69 Å². The monoisotopic (exact) mass is 176 g/mol. The standard InChI is InChI=1S/C7H4N4O2/c1-11-6(7(12)13-10-11)2-5(3-8)4-9/h2H,1H3. The van der Waals surface area contributed by atoms with Crippen molar-refractivity contribution in [3.63, 3.8) is 0 Å². The molecule has 1 aromatic rings. The van der Waals surface area contributed by atoms with E-state index < -0.39 is 5.95 Å². The molecular weight excluding hydrogens is 172 g/mol. The second-order valence-corrected chi connectivity index (χ2v) is 2.15. The maximum absolute atomic E-state index is 10.9. The molecule has 0 saturated heterocycles. The van der Waals surface area contributed by atoms with Crippen LogP contribution >= 0.6 is 0 Å². The van der Waals surface area contributed by atoms with Crippen LogP contribution in [0, 0.1) is 22.7 Å². The summed E-state index contributed by atoms with van der Waals surface area (Å²) in [4.78, 5) is 0. The van der Waals surface area contributed by atoms with Crippen LogP contribution in [-0.2, 0) is 7.05 Å². The Balaban J connectivity index is 3.20. The molecule has 1 rings (SSSR count). The molecule has 0 spiro atoms. The first kappa shape index (κ1) is 8.75. The van der Waals surface area contributed by atoms with Crippen molar-refractivity contribution in [2.45, 2.75) is 0 Å². The van der Waals surface area contributed by atoms with Gasteiger partial charge >= 0.3 is 0 Å². The van der Waals surface area contributed by atoms with Gasteiger partial charge in [0, 0.05) is 6.08 Å². The number of hydrogen-bond donors (Lipinski definition) is 0. The van der Waals surface area contributed by atoms with Crippen LogP contribution in [0.15, 0.2) is 10.1 Å². The molecule has 0 atom stereocenters. The van der Waals surface area contributed by atoms with Crippen molar-refractivity contribution in [2.75, 3.05) is 0 Å². The Labute approximate surface area is 73.5 Å². The Hall–Kier alpha value is -2.34. The molecule has 0 radical (unpaired) electrons. The molecule has 6 heteroatoms. The Kier molecular flexibility index (Phi) is 2.27. The Morgan fingerprint density at radius 1 is 1.62 bits per heavy atom. The largest absolute Gasteiger partial charge is 0.539 e. The molecular formula is C7H4N4O2. The molecule has 0 saturated carbocycles. The number of aryl methyl sites for hydroxylation is 1. The van der Waals surface area contributed by atoms with Gasteiger partial charge in [0.2, 0.25) is 0 Å². The normalized spacial score (nSPS) is 8.54. The van der Waals surface area contributed by atoms with Crippen molar-refractivity contribution in [1.82, 2.24) is 5.27 Å². The minimum atomic E-state index is -0.675. The molecule has 0 fully saturated rings. The van der Waals surface area contributed by atoms with Crippen LogP contribution in [0.2, 0.25) is 0 Å². The molecule has 0 bridgehead atoms. The third-order valence-electron chi connectivity index (χ3n) is 1.33. The van der Waals surface area contributed by atoms with Gasteiger partial charge in [0.15, 0.2) is 13.0 Å². The second kappa shape index (κ2) is 3.37. The summed E-state index contributed by atoms with van der Waals surface area (Å²) in [5, 5.41) is 31.0. The van der Waals surface area contributed by atoms with Gasteiger partial charge in [0.05, 0.1) is 5.27 Å². The Morgan fingerprint density at radius 3 is 2.62 bits per heavy atom. The molecule has 0 unspecified atom stereocenters. The number of rotatable bonds is 1. The molecule has 0 aliphatic rings. The molecule has 1 aromatic heterocycles. The average molecular weight is 176 g/mol. The van der Waals surface area contributed by atoms with Crippen molar-refractivity contribution < 1.29 is 14.3 Å². The van der Waals surface area contributed by atoms with Crippen molar-refractivity contribution in [2.24, 2.45) is 7.05 Å².